The molecule has 136 valence electrons. The highest BCUT2D eigenvalue weighted by molar-refractivity contribution is 5.06. The SMILES string of the molecule is Cc1nccn1Cc1nnc([C@@H]2CCCN(C3CCOCC3)C2)n1C. The first-order valence-electron chi connectivity index (χ1n) is 9.40. The summed E-state index contributed by atoms with van der Waals surface area (Å²) < 4.78 is 9.83. The number of nitrogens with zero attached hydrogens (tertiary/aromatic N) is 6. The largest absolute Gasteiger partial charge is 0.381 e. The molecule has 0 bridgehead atoms. The van der Waals surface area contributed by atoms with Gasteiger partial charge in [-0.3, -0.25) is 4.90 Å². The van der Waals surface area contributed by atoms with Crippen molar-refractivity contribution in [3.63, 3.8) is 0 Å². The minimum atomic E-state index is 0.478. The maximum absolute atomic E-state index is 5.52. The van der Waals surface area contributed by atoms with E-state index in [2.05, 4.69) is 36.3 Å². The molecule has 0 aliphatic carbocycles. The molecular formula is C18H28N6O. The Balaban J connectivity index is 1.47. The first kappa shape index (κ1) is 16.7. The smallest absolute Gasteiger partial charge is 0.152 e. The van der Waals surface area contributed by atoms with Gasteiger partial charge >= 0.3 is 0 Å². The molecule has 2 fully saturated rings. The number of piperidine rings is 1. The molecule has 4 rings (SSSR count). The first-order chi connectivity index (χ1) is 12.2. The maximum Gasteiger partial charge on any atom is 0.152 e. The molecule has 0 amide bonds. The summed E-state index contributed by atoms with van der Waals surface area (Å²) in [5.74, 6) is 3.61. The Labute approximate surface area is 149 Å². The van der Waals surface area contributed by atoms with Gasteiger partial charge < -0.3 is 13.9 Å². The molecule has 2 saturated heterocycles. The number of aryl methyl sites for hydroxylation is 1. The predicted octanol–water partition coefficient (Wildman–Crippen LogP) is 1.73. The monoisotopic (exact) mass is 344 g/mol. The molecule has 2 aromatic rings. The van der Waals surface area contributed by atoms with Crippen molar-refractivity contribution < 1.29 is 4.74 Å². The molecule has 0 spiro atoms. The van der Waals surface area contributed by atoms with Crippen LogP contribution in [0.15, 0.2) is 12.4 Å². The van der Waals surface area contributed by atoms with Crippen molar-refractivity contribution in [2.75, 3.05) is 26.3 Å². The lowest BCUT2D eigenvalue weighted by Gasteiger charge is -2.39. The van der Waals surface area contributed by atoms with Gasteiger partial charge in [-0.1, -0.05) is 0 Å². The van der Waals surface area contributed by atoms with Crippen LogP contribution < -0.4 is 0 Å². The highest BCUT2D eigenvalue weighted by Gasteiger charge is 2.30. The van der Waals surface area contributed by atoms with Gasteiger partial charge in [0.2, 0.25) is 0 Å². The Hall–Kier alpha value is -1.73. The Morgan fingerprint density at radius 2 is 2.04 bits per heavy atom. The molecule has 0 unspecified atom stereocenters. The molecule has 4 heterocycles. The van der Waals surface area contributed by atoms with Crippen molar-refractivity contribution in [2.45, 2.75) is 51.1 Å². The van der Waals surface area contributed by atoms with Crippen LogP contribution in [0.25, 0.3) is 0 Å². The van der Waals surface area contributed by atoms with E-state index >= 15 is 0 Å². The third kappa shape index (κ3) is 3.48. The number of hydrogen-bond acceptors (Lipinski definition) is 5. The van der Waals surface area contributed by atoms with Crippen LogP contribution in [0.4, 0.5) is 0 Å². The Morgan fingerprint density at radius 1 is 1.20 bits per heavy atom. The fourth-order valence-electron chi connectivity index (χ4n) is 4.19. The third-order valence-corrected chi connectivity index (χ3v) is 5.76. The van der Waals surface area contributed by atoms with E-state index in [9.17, 15) is 0 Å². The Kier molecular flexibility index (Phi) is 4.85. The quantitative estimate of drug-likeness (QED) is 0.845. The van der Waals surface area contributed by atoms with Crippen LogP contribution in [0.1, 0.15) is 49.1 Å². The minimum Gasteiger partial charge on any atom is -0.381 e. The van der Waals surface area contributed by atoms with Gasteiger partial charge in [0.1, 0.15) is 11.6 Å². The summed E-state index contributed by atoms with van der Waals surface area (Å²) in [4.78, 5) is 6.95. The molecule has 7 nitrogen and oxygen atoms in total. The van der Waals surface area contributed by atoms with Gasteiger partial charge in [0, 0.05) is 51.2 Å². The zero-order valence-corrected chi connectivity index (χ0v) is 15.3. The van der Waals surface area contributed by atoms with E-state index in [1.807, 2.05) is 19.3 Å². The van der Waals surface area contributed by atoms with Crippen LogP contribution in [0, 0.1) is 6.92 Å². The van der Waals surface area contributed by atoms with Gasteiger partial charge in [-0.2, -0.15) is 0 Å². The number of ether oxygens (including phenoxy) is 1. The molecule has 0 aromatic carbocycles. The number of imidazole rings is 1. The fourth-order valence-corrected chi connectivity index (χ4v) is 4.19. The van der Waals surface area contributed by atoms with E-state index in [0.29, 0.717) is 12.0 Å². The predicted molar refractivity (Wildman–Crippen MR) is 94.5 cm³/mol. The van der Waals surface area contributed by atoms with Gasteiger partial charge in [-0.05, 0) is 39.2 Å². The topological polar surface area (TPSA) is 61.0 Å². The van der Waals surface area contributed by atoms with Gasteiger partial charge in [-0.25, -0.2) is 4.98 Å². The van der Waals surface area contributed by atoms with Crippen molar-refractivity contribution in [1.82, 2.24) is 29.2 Å². The Bertz CT molecular complexity index is 702. The number of rotatable bonds is 4. The van der Waals surface area contributed by atoms with E-state index in [1.165, 1.54) is 19.4 Å². The average Bonchev–Trinajstić information content (AvgIpc) is 3.22. The number of aromatic nitrogens is 5. The summed E-state index contributed by atoms with van der Waals surface area (Å²) in [7, 11) is 2.10. The molecule has 0 saturated carbocycles. The van der Waals surface area contributed by atoms with Crippen LogP contribution in [-0.4, -0.2) is 61.6 Å². The lowest BCUT2D eigenvalue weighted by Crippen LogP contribution is -2.45. The molecule has 25 heavy (non-hydrogen) atoms. The average molecular weight is 344 g/mol. The van der Waals surface area contributed by atoms with E-state index in [1.54, 1.807) is 0 Å². The fraction of sp³-hybridized carbons (Fsp3) is 0.722. The number of likely N-dealkylation sites (tertiary alicyclic amines) is 1. The number of hydrogen-bond donors (Lipinski definition) is 0. The first-order valence-corrected chi connectivity index (χ1v) is 9.40. The van der Waals surface area contributed by atoms with Gasteiger partial charge in [0.25, 0.3) is 0 Å². The summed E-state index contributed by atoms with van der Waals surface area (Å²) in [5, 5.41) is 9.03. The van der Waals surface area contributed by atoms with E-state index < -0.39 is 0 Å². The van der Waals surface area contributed by atoms with Crippen molar-refractivity contribution in [3.05, 3.63) is 29.9 Å². The van der Waals surface area contributed by atoms with Crippen molar-refractivity contribution in [2.24, 2.45) is 7.05 Å². The van der Waals surface area contributed by atoms with E-state index in [-0.39, 0.29) is 0 Å². The second kappa shape index (κ2) is 7.25. The normalized spacial score (nSPS) is 23.2. The molecule has 7 heteroatoms. The summed E-state index contributed by atoms with van der Waals surface area (Å²) in [6.45, 7) is 6.87. The molecule has 2 aliphatic heterocycles. The zero-order valence-electron chi connectivity index (χ0n) is 15.3. The zero-order chi connectivity index (χ0) is 17.2. The molecule has 0 N–H and O–H groups in total. The van der Waals surface area contributed by atoms with Gasteiger partial charge in [0.05, 0.1) is 6.54 Å². The van der Waals surface area contributed by atoms with Crippen molar-refractivity contribution >= 4 is 0 Å². The van der Waals surface area contributed by atoms with Gasteiger partial charge in [0.15, 0.2) is 5.82 Å². The van der Waals surface area contributed by atoms with Crippen LogP contribution in [0.2, 0.25) is 0 Å². The summed E-state index contributed by atoms with van der Waals surface area (Å²) in [6, 6.07) is 0.679. The van der Waals surface area contributed by atoms with Crippen LogP contribution >= 0.6 is 0 Å². The van der Waals surface area contributed by atoms with Crippen molar-refractivity contribution in [1.29, 1.82) is 0 Å². The standard InChI is InChI=1S/C18H28N6O/c1-14-19-7-9-23(14)13-17-20-21-18(22(17)2)15-4-3-8-24(12-15)16-5-10-25-11-6-16/h7,9,15-16H,3-6,8,10-13H2,1-2H3/t15-/m1/s1. The second-order valence-corrected chi connectivity index (χ2v) is 7.31. The molecule has 0 radical (unpaired) electrons. The van der Waals surface area contributed by atoms with E-state index in [0.717, 1.165) is 56.6 Å². The van der Waals surface area contributed by atoms with E-state index in [4.69, 9.17) is 4.74 Å². The molecule has 1 atom stereocenters. The second-order valence-electron chi connectivity index (χ2n) is 7.31. The molecule has 2 aliphatic rings. The summed E-state index contributed by atoms with van der Waals surface area (Å²) in [6.07, 6.45) is 8.60. The van der Waals surface area contributed by atoms with Gasteiger partial charge in [-0.15, -0.1) is 10.2 Å². The van der Waals surface area contributed by atoms with Crippen LogP contribution in [-0.2, 0) is 18.3 Å². The van der Waals surface area contributed by atoms with Crippen LogP contribution in [0.3, 0.4) is 0 Å². The Morgan fingerprint density at radius 3 is 2.80 bits per heavy atom. The lowest BCUT2D eigenvalue weighted by atomic mass is 9.94. The van der Waals surface area contributed by atoms with Crippen molar-refractivity contribution in [3.8, 4) is 0 Å². The minimum absolute atomic E-state index is 0.478. The third-order valence-electron chi connectivity index (χ3n) is 5.76. The lowest BCUT2D eigenvalue weighted by molar-refractivity contribution is 0.0233. The summed E-state index contributed by atoms with van der Waals surface area (Å²) in [5.41, 5.74) is 0. The summed E-state index contributed by atoms with van der Waals surface area (Å²) >= 11 is 0. The van der Waals surface area contributed by atoms with Crippen LogP contribution in [0.5, 0.6) is 0 Å². The molecule has 2 aromatic heterocycles. The maximum atomic E-state index is 5.52. The molecular weight excluding hydrogens is 316 g/mol. The highest BCUT2D eigenvalue weighted by atomic mass is 16.5. The highest BCUT2D eigenvalue weighted by Crippen LogP contribution is 2.29.